The summed E-state index contributed by atoms with van der Waals surface area (Å²) in [6, 6.07) is 8.06. The van der Waals surface area contributed by atoms with E-state index in [1.54, 1.807) is 0 Å². The van der Waals surface area contributed by atoms with Crippen LogP contribution in [0.3, 0.4) is 0 Å². The molecule has 0 fully saturated rings. The van der Waals surface area contributed by atoms with Crippen molar-refractivity contribution in [2.24, 2.45) is 0 Å². The monoisotopic (exact) mass is 258 g/mol. The minimum Gasteiger partial charge on any atom is -0.493 e. The third-order valence-electron chi connectivity index (χ3n) is 3.22. The molecule has 1 aliphatic rings. The number of fused-ring (bicyclic) bond motifs is 1. The second-order valence-electron chi connectivity index (χ2n) is 4.82. The number of nitrogens with zero attached hydrogens (tertiary/aromatic N) is 1. The number of hydrogen-bond donors (Lipinski definition) is 1. The summed E-state index contributed by atoms with van der Waals surface area (Å²) in [6.45, 7) is 4.43. The lowest BCUT2D eigenvalue weighted by Gasteiger charge is -2.08. The maximum Gasteiger partial charge on any atom is 0.198 e. The van der Waals surface area contributed by atoms with Crippen LogP contribution in [0.1, 0.15) is 22.9 Å². The Labute approximate surface area is 112 Å². The molecule has 3 rings (SSSR count). The van der Waals surface area contributed by atoms with E-state index in [2.05, 4.69) is 23.3 Å². The van der Waals surface area contributed by atoms with Crippen LogP contribution in [-0.2, 0) is 19.4 Å². The minimum absolute atomic E-state index is 0.594. The van der Waals surface area contributed by atoms with Gasteiger partial charge in [-0.15, -0.1) is 0 Å². The largest absolute Gasteiger partial charge is 0.493 e. The van der Waals surface area contributed by atoms with Gasteiger partial charge in [0.25, 0.3) is 0 Å². The Kier molecular flexibility index (Phi) is 3.51. The van der Waals surface area contributed by atoms with E-state index in [1.807, 2.05) is 18.2 Å². The fourth-order valence-corrected chi connectivity index (χ4v) is 2.25. The number of benzene rings is 1. The molecule has 0 saturated heterocycles. The maximum atomic E-state index is 5.71. The number of aromatic nitrogens is 1. The summed E-state index contributed by atoms with van der Waals surface area (Å²) in [4.78, 5) is 4.51. The molecule has 0 saturated carbocycles. The highest BCUT2D eigenvalue weighted by Gasteiger charge is 2.16. The van der Waals surface area contributed by atoms with Gasteiger partial charge in [0.15, 0.2) is 5.89 Å². The standard InChI is InChI=1S/C15H18N2O2/c1-11-3-2-4-12(9-11)18-8-6-15-17-13-5-7-16-10-14(13)19-15/h2-4,9,16H,5-8,10H2,1H3. The Morgan fingerprint density at radius 1 is 1.42 bits per heavy atom. The topological polar surface area (TPSA) is 47.3 Å². The third kappa shape index (κ3) is 2.96. The molecule has 0 spiro atoms. The molecule has 1 aromatic heterocycles. The van der Waals surface area contributed by atoms with E-state index in [9.17, 15) is 0 Å². The van der Waals surface area contributed by atoms with E-state index in [1.165, 1.54) is 5.56 Å². The second-order valence-corrected chi connectivity index (χ2v) is 4.82. The van der Waals surface area contributed by atoms with Crippen molar-refractivity contribution in [2.45, 2.75) is 26.3 Å². The Bertz CT molecular complexity index is 540. The van der Waals surface area contributed by atoms with Crippen molar-refractivity contribution in [1.82, 2.24) is 10.3 Å². The van der Waals surface area contributed by atoms with E-state index in [0.717, 1.165) is 42.6 Å². The molecular formula is C15H18N2O2. The van der Waals surface area contributed by atoms with Gasteiger partial charge in [-0.25, -0.2) is 4.98 Å². The average molecular weight is 258 g/mol. The molecule has 0 radical (unpaired) electrons. The van der Waals surface area contributed by atoms with E-state index in [-0.39, 0.29) is 0 Å². The van der Waals surface area contributed by atoms with Crippen LogP contribution in [0, 0.1) is 6.92 Å². The van der Waals surface area contributed by atoms with Crippen molar-refractivity contribution in [3.63, 3.8) is 0 Å². The Hall–Kier alpha value is -1.81. The smallest absolute Gasteiger partial charge is 0.198 e. The lowest BCUT2D eigenvalue weighted by atomic mass is 10.2. The van der Waals surface area contributed by atoms with Gasteiger partial charge in [-0.3, -0.25) is 0 Å². The van der Waals surface area contributed by atoms with Gasteiger partial charge in [-0.05, 0) is 24.6 Å². The van der Waals surface area contributed by atoms with Gasteiger partial charge in [-0.1, -0.05) is 12.1 Å². The molecule has 100 valence electrons. The van der Waals surface area contributed by atoms with Crippen molar-refractivity contribution in [2.75, 3.05) is 13.2 Å². The highest BCUT2D eigenvalue weighted by molar-refractivity contribution is 5.27. The highest BCUT2D eigenvalue weighted by Crippen LogP contribution is 2.16. The summed E-state index contributed by atoms with van der Waals surface area (Å²) >= 11 is 0. The first-order chi connectivity index (χ1) is 9.31. The van der Waals surface area contributed by atoms with E-state index >= 15 is 0 Å². The molecule has 4 nitrogen and oxygen atoms in total. The van der Waals surface area contributed by atoms with E-state index < -0.39 is 0 Å². The molecule has 0 unspecified atom stereocenters. The second kappa shape index (κ2) is 5.45. The fraction of sp³-hybridized carbons (Fsp3) is 0.400. The fourth-order valence-electron chi connectivity index (χ4n) is 2.25. The summed E-state index contributed by atoms with van der Waals surface area (Å²) in [6.07, 6.45) is 1.67. The molecule has 0 aliphatic carbocycles. The van der Waals surface area contributed by atoms with Crippen LogP contribution < -0.4 is 10.1 Å². The van der Waals surface area contributed by atoms with Gasteiger partial charge in [-0.2, -0.15) is 0 Å². The lowest BCUT2D eigenvalue weighted by molar-refractivity contribution is 0.303. The zero-order valence-electron chi connectivity index (χ0n) is 11.1. The van der Waals surface area contributed by atoms with Crippen LogP contribution in [-0.4, -0.2) is 18.1 Å². The summed E-state index contributed by atoms with van der Waals surface area (Å²) in [5.41, 5.74) is 2.31. The van der Waals surface area contributed by atoms with Gasteiger partial charge in [0.2, 0.25) is 0 Å². The number of aryl methyl sites for hydroxylation is 1. The van der Waals surface area contributed by atoms with Crippen molar-refractivity contribution in [3.8, 4) is 5.75 Å². The number of nitrogens with one attached hydrogen (secondary N) is 1. The van der Waals surface area contributed by atoms with E-state index in [4.69, 9.17) is 9.15 Å². The quantitative estimate of drug-likeness (QED) is 0.913. The number of ether oxygens (including phenoxy) is 1. The van der Waals surface area contributed by atoms with Gasteiger partial charge >= 0.3 is 0 Å². The SMILES string of the molecule is Cc1cccc(OCCc2nc3c(o2)CNCC3)c1. The van der Waals surface area contributed by atoms with Crippen LogP contribution in [0.5, 0.6) is 5.75 Å². The normalized spacial score (nSPS) is 14.2. The molecule has 1 aliphatic heterocycles. The summed E-state index contributed by atoms with van der Waals surface area (Å²) in [5, 5.41) is 3.28. The first-order valence-corrected chi connectivity index (χ1v) is 6.69. The third-order valence-corrected chi connectivity index (χ3v) is 3.22. The molecule has 2 heterocycles. The van der Waals surface area contributed by atoms with Crippen LogP contribution in [0.25, 0.3) is 0 Å². The summed E-state index contributed by atoms with van der Waals surface area (Å²) in [7, 11) is 0. The molecule has 0 atom stereocenters. The minimum atomic E-state index is 0.594. The van der Waals surface area contributed by atoms with Crippen LogP contribution in [0.2, 0.25) is 0 Å². The molecule has 0 bridgehead atoms. The van der Waals surface area contributed by atoms with E-state index in [0.29, 0.717) is 13.0 Å². The molecular weight excluding hydrogens is 240 g/mol. The van der Waals surface area contributed by atoms with Crippen LogP contribution >= 0.6 is 0 Å². The van der Waals surface area contributed by atoms with Gasteiger partial charge in [0, 0.05) is 13.0 Å². The average Bonchev–Trinajstić information content (AvgIpc) is 2.81. The van der Waals surface area contributed by atoms with Crippen LogP contribution in [0.15, 0.2) is 28.7 Å². The highest BCUT2D eigenvalue weighted by atomic mass is 16.5. The number of oxazole rings is 1. The van der Waals surface area contributed by atoms with Gasteiger partial charge < -0.3 is 14.5 Å². The molecule has 19 heavy (non-hydrogen) atoms. The van der Waals surface area contributed by atoms with Gasteiger partial charge in [0.05, 0.1) is 25.3 Å². The predicted molar refractivity (Wildman–Crippen MR) is 72.3 cm³/mol. The predicted octanol–water partition coefficient (Wildman–Crippen LogP) is 2.25. The summed E-state index contributed by atoms with van der Waals surface area (Å²) in [5.74, 6) is 2.66. The molecule has 2 aromatic rings. The molecule has 1 aromatic carbocycles. The zero-order chi connectivity index (χ0) is 13.1. The van der Waals surface area contributed by atoms with Crippen molar-refractivity contribution in [3.05, 3.63) is 47.2 Å². The number of hydrogen-bond acceptors (Lipinski definition) is 4. The Morgan fingerprint density at radius 2 is 2.37 bits per heavy atom. The summed E-state index contributed by atoms with van der Waals surface area (Å²) < 4.78 is 11.4. The number of rotatable bonds is 4. The lowest BCUT2D eigenvalue weighted by Crippen LogP contribution is -2.22. The first kappa shape index (κ1) is 12.2. The zero-order valence-corrected chi connectivity index (χ0v) is 11.1. The first-order valence-electron chi connectivity index (χ1n) is 6.69. The van der Waals surface area contributed by atoms with Crippen LogP contribution in [0.4, 0.5) is 0 Å². The maximum absolute atomic E-state index is 5.71. The van der Waals surface area contributed by atoms with Crippen molar-refractivity contribution in [1.29, 1.82) is 0 Å². The van der Waals surface area contributed by atoms with Crippen molar-refractivity contribution >= 4 is 0 Å². The molecule has 0 amide bonds. The van der Waals surface area contributed by atoms with Gasteiger partial charge in [0.1, 0.15) is 11.5 Å². The molecule has 1 N–H and O–H groups in total. The Balaban J connectivity index is 1.56. The molecule has 4 heteroatoms. The Morgan fingerprint density at radius 3 is 3.21 bits per heavy atom. The van der Waals surface area contributed by atoms with Crippen molar-refractivity contribution < 1.29 is 9.15 Å².